The first-order valence-electron chi connectivity index (χ1n) is 5.88. The predicted octanol–water partition coefficient (Wildman–Crippen LogP) is 4.17. The summed E-state index contributed by atoms with van der Waals surface area (Å²) in [4.78, 5) is 23.5. The number of rotatable bonds is 4. The van der Waals surface area contributed by atoms with E-state index >= 15 is 0 Å². The van der Waals surface area contributed by atoms with Gasteiger partial charge in [-0.25, -0.2) is 9.18 Å². The largest absolute Gasteiger partial charge is 0.454 e. The number of carbonyl (C=O) groups excluding carboxylic acids is 2. The third-order valence-corrected chi connectivity index (χ3v) is 3.20. The highest BCUT2D eigenvalue weighted by atomic mass is 35.5. The minimum Gasteiger partial charge on any atom is -0.454 e. The van der Waals surface area contributed by atoms with Gasteiger partial charge in [0.15, 0.2) is 12.4 Å². The van der Waals surface area contributed by atoms with Crippen LogP contribution in [-0.2, 0) is 4.74 Å². The summed E-state index contributed by atoms with van der Waals surface area (Å²) in [5, 5.41) is 0.318. The Hall–Kier alpha value is -1.91. The van der Waals surface area contributed by atoms with E-state index in [1.165, 1.54) is 18.2 Å². The maximum absolute atomic E-state index is 13.0. The molecule has 0 unspecified atom stereocenters. The Bertz CT molecular complexity index is 684. The van der Waals surface area contributed by atoms with Crippen LogP contribution in [0.15, 0.2) is 42.5 Å². The van der Waals surface area contributed by atoms with E-state index < -0.39 is 18.4 Å². The van der Waals surface area contributed by atoms with Crippen molar-refractivity contribution in [2.24, 2.45) is 0 Å². The van der Waals surface area contributed by atoms with Gasteiger partial charge in [0.1, 0.15) is 5.82 Å². The molecule has 108 valence electrons. The lowest BCUT2D eigenvalue weighted by molar-refractivity contribution is 0.0474. The summed E-state index contributed by atoms with van der Waals surface area (Å²) in [5.74, 6) is -1.75. The molecule has 0 saturated heterocycles. The van der Waals surface area contributed by atoms with Gasteiger partial charge < -0.3 is 4.74 Å². The fourth-order valence-corrected chi connectivity index (χ4v) is 1.86. The summed E-state index contributed by atoms with van der Waals surface area (Å²) in [6.45, 7) is -0.421. The van der Waals surface area contributed by atoms with Crippen molar-refractivity contribution < 1.29 is 18.7 Å². The van der Waals surface area contributed by atoms with Gasteiger partial charge in [-0.3, -0.25) is 4.79 Å². The smallest absolute Gasteiger partial charge is 0.338 e. The monoisotopic (exact) mass is 326 g/mol. The Morgan fingerprint density at radius 2 is 1.62 bits per heavy atom. The molecule has 0 N–H and O–H groups in total. The molecule has 0 heterocycles. The number of hydrogen-bond acceptors (Lipinski definition) is 3. The van der Waals surface area contributed by atoms with E-state index in [9.17, 15) is 14.0 Å². The van der Waals surface area contributed by atoms with Crippen molar-refractivity contribution in [1.82, 2.24) is 0 Å². The number of esters is 1. The van der Waals surface area contributed by atoms with Crippen molar-refractivity contribution in [3.05, 3.63) is 69.5 Å². The second-order valence-electron chi connectivity index (χ2n) is 4.14. The van der Waals surface area contributed by atoms with Gasteiger partial charge in [0, 0.05) is 10.6 Å². The highest BCUT2D eigenvalue weighted by Gasteiger charge is 2.13. The van der Waals surface area contributed by atoms with Crippen LogP contribution in [-0.4, -0.2) is 18.4 Å². The zero-order valence-electron chi connectivity index (χ0n) is 10.6. The molecule has 0 saturated carbocycles. The van der Waals surface area contributed by atoms with Crippen LogP contribution < -0.4 is 0 Å². The predicted molar refractivity (Wildman–Crippen MR) is 77.5 cm³/mol. The normalized spacial score (nSPS) is 10.2. The first-order chi connectivity index (χ1) is 9.97. The third-order valence-electron chi connectivity index (χ3n) is 2.66. The van der Waals surface area contributed by atoms with E-state index in [1.54, 1.807) is 12.1 Å². The Balaban J connectivity index is 1.98. The molecule has 3 nitrogen and oxygen atoms in total. The lowest BCUT2D eigenvalue weighted by Crippen LogP contribution is -2.14. The zero-order valence-corrected chi connectivity index (χ0v) is 12.1. The van der Waals surface area contributed by atoms with Crippen LogP contribution in [0.2, 0.25) is 10.0 Å². The van der Waals surface area contributed by atoms with Gasteiger partial charge in [-0.2, -0.15) is 0 Å². The van der Waals surface area contributed by atoms with Crippen molar-refractivity contribution in [1.29, 1.82) is 0 Å². The number of Topliss-reactive ketones (excluding diaryl/α,β-unsaturated/α-hetero) is 1. The first-order valence-corrected chi connectivity index (χ1v) is 6.64. The number of carbonyl (C=O) groups is 2. The fraction of sp³-hybridized carbons (Fsp3) is 0.0667. The Morgan fingerprint density at radius 3 is 2.24 bits per heavy atom. The molecule has 0 amide bonds. The van der Waals surface area contributed by atoms with Crippen molar-refractivity contribution in [3.8, 4) is 0 Å². The van der Waals surface area contributed by atoms with E-state index in [0.717, 1.165) is 12.1 Å². The van der Waals surface area contributed by atoms with Gasteiger partial charge in [0.05, 0.1) is 10.6 Å². The van der Waals surface area contributed by atoms with E-state index in [1.807, 2.05) is 0 Å². The fourth-order valence-electron chi connectivity index (χ4n) is 1.56. The van der Waals surface area contributed by atoms with Crippen molar-refractivity contribution in [2.45, 2.75) is 0 Å². The molecule has 0 aliphatic carbocycles. The van der Waals surface area contributed by atoms with Crippen LogP contribution >= 0.6 is 23.2 Å². The molecular formula is C15H9Cl2FO3. The molecular weight excluding hydrogens is 318 g/mol. The van der Waals surface area contributed by atoms with Crippen molar-refractivity contribution >= 4 is 35.0 Å². The minimum atomic E-state index is -0.751. The number of halogens is 3. The third kappa shape index (κ3) is 4.03. The van der Waals surface area contributed by atoms with Crippen molar-refractivity contribution in [2.75, 3.05) is 6.61 Å². The maximum Gasteiger partial charge on any atom is 0.338 e. The molecule has 2 aromatic carbocycles. The van der Waals surface area contributed by atoms with Gasteiger partial charge in [0.25, 0.3) is 0 Å². The molecule has 2 rings (SSSR count). The number of ether oxygens (including phenoxy) is 1. The molecule has 21 heavy (non-hydrogen) atoms. The molecule has 0 radical (unpaired) electrons. The molecule has 0 aliphatic rings. The van der Waals surface area contributed by atoms with E-state index in [0.29, 0.717) is 10.6 Å². The SMILES string of the molecule is O=C(COC(=O)c1ccc(F)c(Cl)c1)c1ccc(Cl)cc1. The maximum atomic E-state index is 13.0. The number of ketones is 1. The highest BCUT2D eigenvalue weighted by Crippen LogP contribution is 2.17. The Morgan fingerprint density at radius 1 is 1.00 bits per heavy atom. The molecule has 0 aromatic heterocycles. The molecule has 2 aromatic rings. The van der Waals surface area contributed by atoms with Crippen molar-refractivity contribution in [3.63, 3.8) is 0 Å². The zero-order chi connectivity index (χ0) is 15.4. The quantitative estimate of drug-likeness (QED) is 0.625. The molecule has 0 fully saturated rings. The topological polar surface area (TPSA) is 43.4 Å². The van der Waals surface area contributed by atoms with Crippen LogP contribution in [0.25, 0.3) is 0 Å². The summed E-state index contributed by atoms with van der Waals surface area (Å²) in [5.41, 5.74) is 0.453. The standard InChI is InChI=1S/C15H9Cl2FO3/c16-11-4-1-9(2-5-11)14(19)8-21-15(20)10-3-6-13(18)12(17)7-10/h1-7H,8H2. The summed E-state index contributed by atoms with van der Waals surface area (Å²) in [6, 6.07) is 9.63. The summed E-state index contributed by atoms with van der Waals surface area (Å²) < 4.78 is 17.8. The Kier molecular flexibility index (Phi) is 4.94. The molecule has 0 bridgehead atoms. The summed E-state index contributed by atoms with van der Waals surface area (Å²) in [7, 11) is 0. The lowest BCUT2D eigenvalue weighted by Gasteiger charge is -2.05. The van der Waals surface area contributed by atoms with Crippen LogP contribution in [0.5, 0.6) is 0 Å². The average Bonchev–Trinajstić information content (AvgIpc) is 2.48. The van der Waals surface area contributed by atoms with Crippen LogP contribution in [0, 0.1) is 5.82 Å². The number of hydrogen-bond donors (Lipinski definition) is 0. The molecule has 0 spiro atoms. The van der Waals surface area contributed by atoms with Gasteiger partial charge >= 0.3 is 5.97 Å². The number of benzene rings is 2. The van der Waals surface area contributed by atoms with Gasteiger partial charge in [-0.05, 0) is 42.5 Å². The highest BCUT2D eigenvalue weighted by molar-refractivity contribution is 6.31. The molecule has 0 atom stereocenters. The van der Waals surface area contributed by atoms with Crippen LogP contribution in [0.3, 0.4) is 0 Å². The average molecular weight is 327 g/mol. The molecule has 0 aliphatic heterocycles. The first kappa shape index (κ1) is 15.5. The van der Waals surface area contributed by atoms with E-state index in [4.69, 9.17) is 27.9 Å². The van der Waals surface area contributed by atoms with E-state index in [-0.39, 0.29) is 16.4 Å². The van der Waals surface area contributed by atoms with E-state index in [2.05, 4.69) is 0 Å². The van der Waals surface area contributed by atoms with Gasteiger partial charge in [-0.15, -0.1) is 0 Å². The minimum absolute atomic E-state index is 0.0744. The summed E-state index contributed by atoms with van der Waals surface area (Å²) in [6.07, 6.45) is 0. The lowest BCUT2D eigenvalue weighted by atomic mass is 10.1. The second kappa shape index (κ2) is 6.70. The Labute approximate surface area is 130 Å². The van der Waals surface area contributed by atoms with Crippen LogP contribution in [0.1, 0.15) is 20.7 Å². The summed E-state index contributed by atoms with van der Waals surface area (Å²) >= 11 is 11.3. The molecule has 6 heteroatoms. The van der Waals surface area contributed by atoms with Gasteiger partial charge in [-0.1, -0.05) is 23.2 Å². The van der Waals surface area contributed by atoms with Crippen LogP contribution in [0.4, 0.5) is 4.39 Å². The van der Waals surface area contributed by atoms with Gasteiger partial charge in [0.2, 0.25) is 0 Å². The second-order valence-corrected chi connectivity index (χ2v) is 4.98.